The van der Waals surface area contributed by atoms with E-state index in [2.05, 4.69) is 8.67 Å². The molecule has 0 atom stereocenters. The van der Waals surface area contributed by atoms with E-state index in [1.54, 1.807) is 13.8 Å². The second kappa shape index (κ2) is 5.64. The summed E-state index contributed by atoms with van der Waals surface area (Å²) in [6.07, 6.45) is 0.666. The number of hydrogen-bond acceptors (Lipinski definition) is 6. The van der Waals surface area contributed by atoms with Gasteiger partial charge in [-0.3, -0.25) is 0 Å². The first-order chi connectivity index (χ1) is 6.33. The van der Waals surface area contributed by atoms with Crippen LogP contribution in [-0.2, 0) is 28.9 Å². The van der Waals surface area contributed by atoms with E-state index in [0.29, 0.717) is 12.8 Å². The molecule has 0 aliphatic heterocycles. The van der Waals surface area contributed by atoms with Crippen molar-refractivity contribution in [1.29, 1.82) is 0 Å². The van der Waals surface area contributed by atoms with Crippen LogP contribution in [0.1, 0.15) is 26.7 Å². The molecular weight excluding hydrogens is 232 g/mol. The second-order valence-electron chi connectivity index (χ2n) is 2.66. The lowest BCUT2D eigenvalue weighted by Crippen LogP contribution is -2.16. The third-order valence-electron chi connectivity index (χ3n) is 1.14. The van der Waals surface area contributed by atoms with E-state index >= 15 is 0 Å². The lowest BCUT2D eigenvalue weighted by atomic mass is 10.6. The van der Waals surface area contributed by atoms with Gasteiger partial charge in [0.15, 0.2) is 0 Å². The Labute approximate surface area is 84.4 Å². The van der Waals surface area contributed by atoms with Crippen molar-refractivity contribution >= 4 is 20.2 Å². The van der Waals surface area contributed by atoms with Crippen molar-refractivity contribution in [3.8, 4) is 0 Å². The van der Waals surface area contributed by atoms with E-state index in [1.807, 2.05) is 0 Å². The van der Waals surface area contributed by atoms with Gasteiger partial charge >= 0.3 is 0 Å². The van der Waals surface area contributed by atoms with Crippen LogP contribution < -0.4 is 0 Å². The molecule has 8 heteroatoms. The van der Waals surface area contributed by atoms with Crippen LogP contribution in [0.2, 0.25) is 0 Å². The SMILES string of the molecule is CCCS(=O)(=O)OOS(=O)(=O)CCC. The maximum atomic E-state index is 10.9. The van der Waals surface area contributed by atoms with Gasteiger partial charge in [-0.05, 0) is 12.8 Å². The quantitative estimate of drug-likeness (QED) is 0.478. The first-order valence-corrected chi connectivity index (χ1v) is 7.31. The third-order valence-corrected chi connectivity index (χ3v) is 3.60. The smallest absolute Gasteiger partial charge is 0.197 e. The van der Waals surface area contributed by atoms with Crippen LogP contribution in [0.3, 0.4) is 0 Å². The van der Waals surface area contributed by atoms with Gasteiger partial charge in [0.2, 0.25) is 0 Å². The van der Waals surface area contributed by atoms with E-state index in [4.69, 9.17) is 0 Å². The van der Waals surface area contributed by atoms with E-state index in [0.717, 1.165) is 0 Å². The monoisotopic (exact) mass is 246 g/mol. The molecule has 0 spiro atoms. The highest BCUT2D eigenvalue weighted by atomic mass is 32.2. The van der Waals surface area contributed by atoms with Crippen LogP contribution >= 0.6 is 0 Å². The molecule has 0 aromatic heterocycles. The topological polar surface area (TPSA) is 86.7 Å². The highest BCUT2D eigenvalue weighted by Gasteiger charge is 2.18. The van der Waals surface area contributed by atoms with Gasteiger partial charge in [0.05, 0.1) is 11.5 Å². The lowest BCUT2D eigenvalue weighted by Gasteiger charge is -2.02. The molecule has 0 heterocycles. The van der Waals surface area contributed by atoms with Crippen LogP contribution in [0.5, 0.6) is 0 Å². The molecule has 0 aromatic rings. The highest BCUT2D eigenvalue weighted by molar-refractivity contribution is 7.88. The summed E-state index contributed by atoms with van der Waals surface area (Å²) in [5.74, 6) is -0.538. The molecule has 0 bridgehead atoms. The molecule has 14 heavy (non-hydrogen) atoms. The van der Waals surface area contributed by atoms with Crippen LogP contribution in [0.25, 0.3) is 0 Å². The average molecular weight is 246 g/mol. The predicted octanol–water partition coefficient (Wildman–Crippen LogP) is 0.414. The van der Waals surface area contributed by atoms with E-state index in [-0.39, 0.29) is 11.5 Å². The summed E-state index contributed by atoms with van der Waals surface area (Å²) in [5, 5.41) is 0. The minimum Gasteiger partial charge on any atom is -0.197 e. The molecule has 0 unspecified atom stereocenters. The van der Waals surface area contributed by atoms with E-state index in [9.17, 15) is 16.8 Å². The minimum atomic E-state index is -3.88. The first kappa shape index (κ1) is 13.8. The summed E-state index contributed by atoms with van der Waals surface area (Å²) in [7, 11) is -7.77. The standard InChI is InChI=1S/C6H14O6S2/c1-3-5-13(7,8)11-12-14(9,10)6-4-2/h3-6H2,1-2H3. The fraction of sp³-hybridized carbons (Fsp3) is 1.00. The molecule has 0 N–H and O–H groups in total. The predicted molar refractivity (Wildman–Crippen MR) is 50.3 cm³/mol. The Kier molecular flexibility index (Phi) is 5.57. The summed E-state index contributed by atoms with van der Waals surface area (Å²) >= 11 is 0. The van der Waals surface area contributed by atoms with Crippen LogP contribution in [-0.4, -0.2) is 28.3 Å². The molecule has 86 valence electrons. The molecular formula is C6H14O6S2. The summed E-state index contributed by atoms with van der Waals surface area (Å²) in [4.78, 5) is 0. The zero-order valence-electron chi connectivity index (χ0n) is 8.09. The molecule has 0 radical (unpaired) electrons. The van der Waals surface area contributed by atoms with Crippen molar-refractivity contribution in [3.05, 3.63) is 0 Å². The Bertz CT molecular complexity index is 305. The molecule has 0 aliphatic rings. The molecule has 0 aromatic carbocycles. The summed E-state index contributed by atoms with van der Waals surface area (Å²) in [6.45, 7) is 3.25. The van der Waals surface area contributed by atoms with Crippen LogP contribution in [0.4, 0.5) is 0 Å². The molecule has 6 nitrogen and oxygen atoms in total. The Hall–Kier alpha value is -0.180. The normalized spacial score (nSPS) is 13.0. The number of rotatable bonds is 7. The van der Waals surface area contributed by atoms with Crippen molar-refractivity contribution in [2.45, 2.75) is 26.7 Å². The average Bonchev–Trinajstić information content (AvgIpc) is 2.01. The summed E-state index contributed by atoms with van der Waals surface area (Å²) in [5.41, 5.74) is 0. The van der Waals surface area contributed by atoms with E-state index in [1.165, 1.54) is 0 Å². The van der Waals surface area contributed by atoms with Crippen molar-refractivity contribution < 1.29 is 25.5 Å². The van der Waals surface area contributed by atoms with Crippen molar-refractivity contribution in [1.82, 2.24) is 0 Å². The molecule has 0 amide bonds. The zero-order valence-corrected chi connectivity index (χ0v) is 9.73. The zero-order chi connectivity index (χ0) is 11.2. The van der Waals surface area contributed by atoms with Crippen LogP contribution in [0, 0.1) is 0 Å². The second-order valence-corrected chi connectivity index (χ2v) is 5.98. The first-order valence-electron chi connectivity index (χ1n) is 4.16. The Morgan fingerprint density at radius 2 is 1.07 bits per heavy atom. The number of hydrogen-bond donors (Lipinski definition) is 0. The highest BCUT2D eigenvalue weighted by Crippen LogP contribution is 2.03. The molecule has 0 aliphatic carbocycles. The van der Waals surface area contributed by atoms with Crippen LogP contribution in [0.15, 0.2) is 0 Å². The summed E-state index contributed by atoms with van der Waals surface area (Å²) in [6, 6.07) is 0. The molecule has 0 saturated carbocycles. The largest absolute Gasteiger partial charge is 0.294 e. The molecule has 0 saturated heterocycles. The van der Waals surface area contributed by atoms with Crippen molar-refractivity contribution in [2.24, 2.45) is 0 Å². The Morgan fingerprint density at radius 3 is 1.29 bits per heavy atom. The maximum absolute atomic E-state index is 10.9. The molecule has 0 rings (SSSR count). The van der Waals surface area contributed by atoms with Gasteiger partial charge in [0.1, 0.15) is 0 Å². The minimum absolute atomic E-state index is 0.269. The lowest BCUT2D eigenvalue weighted by molar-refractivity contribution is -0.0849. The van der Waals surface area contributed by atoms with Gasteiger partial charge < -0.3 is 0 Å². The maximum Gasteiger partial charge on any atom is 0.294 e. The van der Waals surface area contributed by atoms with Gasteiger partial charge in [0.25, 0.3) is 20.2 Å². The fourth-order valence-electron chi connectivity index (χ4n) is 0.653. The third kappa shape index (κ3) is 6.30. The molecule has 0 fully saturated rings. The van der Waals surface area contributed by atoms with Crippen molar-refractivity contribution in [2.75, 3.05) is 11.5 Å². The van der Waals surface area contributed by atoms with E-state index < -0.39 is 20.2 Å². The fourth-order valence-corrected chi connectivity index (χ4v) is 2.47. The Morgan fingerprint density at radius 1 is 0.786 bits per heavy atom. The van der Waals surface area contributed by atoms with Gasteiger partial charge in [-0.15, -0.1) is 0 Å². The van der Waals surface area contributed by atoms with Gasteiger partial charge in [-0.2, -0.15) is 16.8 Å². The van der Waals surface area contributed by atoms with Crippen molar-refractivity contribution in [3.63, 3.8) is 0 Å². The van der Waals surface area contributed by atoms with Gasteiger partial charge in [0, 0.05) is 0 Å². The Balaban J connectivity index is 4.19. The van der Waals surface area contributed by atoms with Gasteiger partial charge in [-0.25, -0.2) is 0 Å². The summed E-state index contributed by atoms with van der Waals surface area (Å²) < 4.78 is 51.2. The van der Waals surface area contributed by atoms with Gasteiger partial charge in [-0.1, -0.05) is 22.5 Å².